The molecule has 0 bridgehead atoms. The number of rotatable bonds is 4. The van der Waals surface area contributed by atoms with Crippen molar-refractivity contribution in [1.29, 1.82) is 0 Å². The number of imidazole rings is 1. The number of nitrogens with zero attached hydrogens (tertiary/aromatic N) is 2. The Balaban J connectivity index is 0.00000241. The lowest BCUT2D eigenvalue weighted by Crippen LogP contribution is -2.38. The topological polar surface area (TPSA) is 67.7 Å². The van der Waals surface area contributed by atoms with Crippen LogP contribution in [0, 0.1) is 5.82 Å². The Morgan fingerprint density at radius 2 is 2.03 bits per heavy atom. The molecule has 0 spiro atoms. The molecule has 34 heavy (non-hydrogen) atoms. The molecule has 2 N–H and O–H groups in total. The fourth-order valence-corrected chi connectivity index (χ4v) is 5.85. The zero-order valence-corrected chi connectivity index (χ0v) is 20.2. The van der Waals surface area contributed by atoms with Gasteiger partial charge in [0.05, 0.1) is 15.9 Å². The third-order valence-electron chi connectivity index (χ3n) is 6.64. The van der Waals surface area contributed by atoms with Crippen LogP contribution in [0.15, 0.2) is 42.6 Å². The van der Waals surface area contributed by atoms with E-state index in [9.17, 15) is 9.18 Å². The van der Waals surface area contributed by atoms with Crippen LogP contribution in [-0.4, -0.2) is 41.1 Å². The van der Waals surface area contributed by atoms with Crippen LogP contribution in [0.4, 0.5) is 4.39 Å². The molecule has 2 saturated heterocycles. The maximum atomic E-state index is 14.9. The molecule has 6 rings (SSSR count). The first kappa shape index (κ1) is 23.2. The highest BCUT2D eigenvalue weighted by molar-refractivity contribution is 7.23. The summed E-state index contributed by atoms with van der Waals surface area (Å²) in [5, 5.41) is 6.52. The summed E-state index contributed by atoms with van der Waals surface area (Å²) in [6.45, 7) is 2.36. The van der Waals surface area contributed by atoms with Crippen molar-refractivity contribution in [1.82, 2.24) is 20.0 Å². The van der Waals surface area contributed by atoms with E-state index >= 15 is 0 Å². The number of hydrogen-bond acceptors (Lipinski definition) is 5. The van der Waals surface area contributed by atoms with Crippen molar-refractivity contribution in [2.45, 2.75) is 37.8 Å². The molecule has 2 aliphatic heterocycles. The number of thiazole rings is 1. The van der Waals surface area contributed by atoms with Crippen molar-refractivity contribution in [3.05, 3.63) is 59.5 Å². The van der Waals surface area contributed by atoms with Crippen LogP contribution in [0.5, 0.6) is 0 Å². The van der Waals surface area contributed by atoms with Gasteiger partial charge in [-0.2, -0.15) is 0 Å². The minimum absolute atomic E-state index is 0. The number of benzene rings is 2. The smallest absolute Gasteiger partial charge is 0.251 e. The first-order valence-corrected chi connectivity index (χ1v) is 12.3. The minimum Gasteiger partial charge on any atom is -0.381 e. The van der Waals surface area contributed by atoms with E-state index in [-0.39, 0.29) is 36.2 Å². The first-order chi connectivity index (χ1) is 16.2. The van der Waals surface area contributed by atoms with Crippen molar-refractivity contribution < 1.29 is 13.9 Å². The van der Waals surface area contributed by atoms with Gasteiger partial charge in [-0.3, -0.25) is 9.20 Å². The molecule has 2 aliphatic rings. The lowest BCUT2D eigenvalue weighted by atomic mass is 10.0. The van der Waals surface area contributed by atoms with Crippen molar-refractivity contribution in [3.63, 3.8) is 0 Å². The quantitative estimate of drug-likeness (QED) is 0.408. The van der Waals surface area contributed by atoms with E-state index < -0.39 is 0 Å². The summed E-state index contributed by atoms with van der Waals surface area (Å²) in [6, 6.07) is 11.5. The third-order valence-corrected chi connectivity index (χ3v) is 7.66. The van der Waals surface area contributed by atoms with Crippen LogP contribution in [0.25, 0.3) is 26.4 Å². The highest BCUT2D eigenvalue weighted by Gasteiger charge is 2.20. The number of fused-ring (bicyclic) bond motifs is 3. The lowest BCUT2D eigenvalue weighted by Gasteiger charge is -2.23. The summed E-state index contributed by atoms with van der Waals surface area (Å²) >= 11 is 1.50. The number of nitrogens with one attached hydrogen (secondary N) is 2. The average molecular weight is 501 g/mol. The number of amides is 1. The monoisotopic (exact) mass is 500 g/mol. The van der Waals surface area contributed by atoms with Gasteiger partial charge in [-0.1, -0.05) is 17.4 Å². The molecule has 0 radical (unpaired) electrons. The summed E-state index contributed by atoms with van der Waals surface area (Å²) in [7, 11) is 0. The summed E-state index contributed by atoms with van der Waals surface area (Å²) < 4.78 is 23.3. The molecule has 6 nitrogen and oxygen atoms in total. The van der Waals surface area contributed by atoms with E-state index in [4.69, 9.17) is 4.74 Å². The van der Waals surface area contributed by atoms with E-state index in [0.717, 1.165) is 53.0 Å². The summed E-state index contributed by atoms with van der Waals surface area (Å²) in [5.74, 6) is -0.308. The van der Waals surface area contributed by atoms with Gasteiger partial charge in [-0.05, 0) is 68.1 Å². The van der Waals surface area contributed by atoms with Crippen molar-refractivity contribution in [2.75, 3.05) is 19.8 Å². The van der Waals surface area contributed by atoms with Crippen LogP contribution in [0.1, 0.15) is 47.6 Å². The fourth-order valence-electron chi connectivity index (χ4n) is 4.81. The van der Waals surface area contributed by atoms with E-state index in [0.29, 0.717) is 30.0 Å². The van der Waals surface area contributed by atoms with Gasteiger partial charge in [0, 0.05) is 42.6 Å². The highest BCUT2D eigenvalue weighted by atomic mass is 35.5. The lowest BCUT2D eigenvalue weighted by molar-refractivity contribution is 0.0696. The maximum absolute atomic E-state index is 14.9. The number of carbonyl (C=O) groups excluding carboxylic acids is 1. The van der Waals surface area contributed by atoms with Gasteiger partial charge in [-0.15, -0.1) is 12.4 Å². The first-order valence-electron chi connectivity index (χ1n) is 11.5. The van der Waals surface area contributed by atoms with Gasteiger partial charge in [-0.25, -0.2) is 9.37 Å². The van der Waals surface area contributed by atoms with Crippen LogP contribution in [0.3, 0.4) is 0 Å². The number of aromatic nitrogens is 2. The second kappa shape index (κ2) is 9.62. The Labute approximate surface area is 206 Å². The molecule has 2 aromatic heterocycles. The molecule has 1 amide bonds. The van der Waals surface area contributed by atoms with E-state index in [2.05, 4.69) is 15.6 Å². The van der Waals surface area contributed by atoms with Gasteiger partial charge in [0.2, 0.25) is 0 Å². The van der Waals surface area contributed by atoms with Crippen LogP contribution < -0.4 is 10.6 Å². The number of halogens is 2. The molecule has 2 aromatic carbocycles. The third kappa shape index (κ3) is 4.31. The standard InChI is InChI=1S/C25H25FN4O2S.ClH/c26-19-12-15(20-2-1-9-27-20)3-5-18(19)21-14-30-22-6-4-16(13-23(22)33-25(30)29-21)24(31)28-17-7-10-32-11-8-17;/h3-6,12-14,17,20,27H,1-2,7-11H2,(H,28,31);1H. The van der Waals surface area contributed by atoms with Gasteiger partial charge in [0.1, 0.15) is 5.82 Å². The fraction of sp³-hybridized carbons (Fsp3) is 0.360. The Morgan fingerprint density at radius 3 is 2.79 bits per heavy atom. The van der Waals surface area contributed by atoms with Crippen molar-refractivity contribution in [3.8, 4) is 11.3 Å². The molecule has 4 aromatic rings. The largest absolute Gasteiger partial charge is 0.381 e. The number of hydrogen-bond donors (Lipinski definition) is 2. The second-order valence-electron chi connectivity index (χ2n) is 8.81. The van der Waals surface area contributed by atoms with Crippen molar-refractivity contribution in [2.24, 2.45) is 0 Å². The molecule has 4 heterocycles. The van der Waals surface area contributed by atoms with E-state index in [1.807, 2.05) is 40.9 Å². The van der Waals surface area contributed by atoms with Gasteiger partial charge < -0.3 is 15.4 Å². The molecular formula is C25H26ClFN4O2S. The number of carbonyl (C=O) groups is 1. The van der Waals surface area contributed by atoms with Crippen LogP contribution >= 0.6 is 23.7 Å². The molecule has 2 fully saturated rings. The Bertz CT molecular complexity index is 1340. The van der Waals surface area contributed by atoms with Crippen molar-refractivity contribution >= 4 is 44.8 Å². The van der Waals surface area contributed by atoms with Gasteiger partial charge >= 0.3 is 0 Å². The zero-order chi connectivity index (χ0) is 22.4. The Kier molecular flexibility index (Phi) is 6.57. The predicted octanol–water partition coefficient (Wildman–Crippen LogP) is 5.11. The summed E-state index contributed by atoms with van der Waals surface area (Å²) in [6.07, 6.45) is 5.73. The Hall–Kier alpha value is -2.52. The van der Waals surface area contributed by atoms with Gasteiger partial charge in [0.25, 0.3) is 5.91 Å². The van der Waals surface area contributed by atoms with Crippen LogP contribution in [-0.2, 0) is 4.74 Å². The highest BCUT2D eigenvalue weighted by Crippen LogP contribution is 2.32. The summed E-state index contributed by atoms with van der Waals surface area (Å²) in [5.41, 5.74) is 3.72. The molecular weight excluding hydrogens is 475 g/mol. The molecule has 178 valence electrons. The SMILES string of the molecule is Cl.O=C(NC1CCOCC1)c1ccc2c(c1)sc1nc(-c3ccc(C4CCCN4)cc3F)cn12. The Morgan fingerprint density at radius 1 is 1.18 bits per heavy atom. The molecule has 1 unspecified atom stereocenters. The number of ether oxygens (including phenoxy) is 1. The average Bonchev–Trinajstić information content (AvgIpc) is 3.56. The minimum atomic E-state index is -0.247. The zero-order valence-electron chi connectivity index (χ0n) is 18.6. The van der Waals surface area contributed by atoms with E-state index in [1.165, 1.54) is 11.3 Å². The van der Waals surface area contributed by atoms with Crippen LogP contribution in [0.2, 0.25) is 0 Å². The molecule has 0 saturated carbocycles. The predicted molar refractivity (Wildman–Crippen MR) is 135 cm³/mol. The molecule has 0 aliphatic carbocycles. The second-order valence-corrected chi connectivity index (χ2v) is 9.82. The molecule has 1 atom stereocenters. The van der Waals surface area contributed by atoms with E-state index in [1.54, 1.807) is 6.07 Å². The van der Waals surface area contributed by atoms with Gasteiger partial charge in [0.15, 0.2) is 4.96 Å². The maximum Gasteiger partial charge on any atom is 0.251 e. The molecule has 9 heteroatoms. The normalized spacial score (nSPS) is 18.9. The summed E-state index contributed by atoms with van der Waals surface area (Å²) in [4.78, 5) is 18.2.